The maximum Gasteiger partial charge on any atom is 0.573 e. The number of rotatable bonds is 7. The Balaban J connectivity index is 1.66. The van der Waals surface area contributed by atoms with Crippen LogP contribution >= 0.6 is 11.3 Å². The number of aryl methyl sites for hydroxylation is 1. The number of nitrogens with one attached hydrogen (secondary N) is 1. The maximum absolute atomic E-state index is 12.6. The molecule has 1 atom stereocenters. The van der Waals surface area contributed by atoms with Gasteiger partial charge in [0, 0.05) is 25.2 Å². The van der Waals surface area contributed by atoms with Crippen molar-refractivity contribution in [3.05, 3.63) is 42.0 Å². The number of quaternary nitrogens is 1. The number of benzene rings is 2. The minimum atomic E-state index is -4.78. The number of hydrogen-bond donors (Lipinski definition) is 3. The Morgan fingerprint density at radius 1 is 1.20 bits per heavy atom. The van der Waals surface area contributed by atoms with Gasteiger partial charge in [-0.15, -0.1) is 13.2 Å². The summed E-state index contributed by atoms with van der Waals surface area (Å²) in [4.78, 5) is 21.7. The van der Waals surface area contributed by atoms with Crippen LogP contribution in [0.4, 0.5) is 24.3 Å². The highest BCUT2D eigenvalue weighted by atomic mass is 32.1. The highest BCUT2D eigenvalue weighted by molar-refractivity contribution is 7.22. The van der Waals surface area contributed by atoms with E-state index in [1.807, 2.05) is 25.7 Å². The third-order valence-electron chi connectivity index (χ3n) is 5.39. The Kier molecular flexibility index (Phi) is 6.44. The first kappa shape index (κ1) is 24.9. The minimum Gasteiger partial charge on any atom is -0.406 e. The molecule has 0 spiro atoms. The predicted molar refractivity (Wildman–Crippen MR) is 126 cm³/mol. The zero-order valence-electron chi connectivity index (χ0n) is 19.0. The van der Waals surface area contributed by atoms with E-state index in [0.29, 0.717) is 32.4 Å². The largest absolute Gasteiger partial charge is 0.573 e. The Morgan fingerprint density at radius 3 is 2.63 bits per heavy atom. The van der Waals surface area contributed by atoms with Gasteiger partial charge in [0.05, 0.1) is 48.1 Å². The number of aromatic nitrogens is 3. The van der Waals surface area contributed by atoms with Crippen LogP contribution in [0.15, 0.2) is 36.4 Å². The zero-order valence-corrected chi connectivity index (χ0v) is 19.8. The van der Waals surface area contributed by atoms with Crippen LogP contribution < -0.4 is 14.5 Å². The third kappa shape index (κ3) is 5.07. The van der Waals surface area contributed by atoms with Crippen LogP contribution in [0.3, 0.4) is 0 Å². The number of alkyl halides is 3. The molecule has 2 aromatic heterocycles. The average Bonchev–Trinajstić information content (AvgIpc) is 3.37. The summed E-state index contributed by atoms with van der Waals surface area (Å²) in [6.45, 7) is -0.545. The number of amides is 1. The second-order valence-electron chi connectivity index (χ2n) is 8.35. The Bertz CT molecular complexity index is 1400. The fourth-order valence-electron chi connectivity index (χ4n) is 3.62. The smallest absolute Gasteiger partial charge is 0.406 e. The molecule has 3 N–H and O–H groups in total. The molecule has 13 heteroatoms. The SMILES string of the molecule is Cn1c([N+](C)(C)c2nc3ccc(OC(F)(F)F)cc3s2)nc2cc(C(=O)NCC(O)CO)ccc21. The standard InChI is InChI=1S/C22H22F3N5O4S/c1-29-17-7-4-12(19(33)26-10-13(32)11-31)8-16(17)27-20(29)30(2,3)21-28-15-6-5-14(9-18(15)35-21)34-22(23,24)25/h4-9,13,31-32H,10-11H2,1-3H3/p+1. The van der Waals surface area contributed by atoms with Gasteiger partial charge in [-0.1, -0.05) is 11.3 Å². The molecule has 0 aliphatic heterocycles. The van der Waals surface area contributed by atoms with Crippen molar-refractivity contribution in [3.63, 3.8) is 0 Å². The topological polar surface area (TPSA) is 110 Å². The molecule has 1 unspecified atom stereocenters. The number of imidazole rings is 1. The normalized spacial score (nSPS) is 13.4. The van der Waals surface area contributed by atoms with E-state index in [0.717, 1.165) is 5.52 Å². The molecule has 1 amide bonds. The van der Waals surface area contributed by atoms with Gasteiger partial charge in [-0.2, -0.15) is 9.97 Å². The average molecular weight is 511 g/mol. The first-order chi connectivity index (χ1) is 16.4. The maximum atomic E-state index is 12.6. The summed E-state index contributed by atoms with van der Waals surface area (Å²) >= 11 is 1.23. The monoisotopic (exact) mass is 510 g/mol. The van der Waals surface area contributed by atoms with Gasteiger partial charge >= 0.3 is 12.3 Å². The zero-order chi connectivity index (χ0) is 25.5. The molecule has 0 fully saturated rings. The van der Waals surface area contributed by atoms with Crippen LogP contribution in [0.2, 0.25) is 0 Å². The Hall–Kier alpha value is -3.26. The van der Waals surface area contributed by atoms with Gasteiger partial charge < -0.3 is 20.3 Å². The minimum absolute atomic E-state index is 0.0852. The highest BCUT2D eigenvalue weighted by Crippen LogP contribution is 2.39. The molecule has 0 saturated heterocycles. The first-order valence-electron chi connectivity index (χ1n) is 10.4. The number of hydrogen-bond acceptors (Lipinski definition) is 7. The number of aliphatic hydroxyl groups is 2. The van der Waals surface area contributed by atoms with E-state index in [4.69, 9.17) is 10.1 Å². The van der Waals surface area contributed by atoms with Crippen LogP contribution in [0.5, 0.6) is 5.75 Å². The number of halogens is 3. The number of fused-ring (bicyclic) bond motifs is 2. The Labute approximate surface area is 201 Å². The summed E-state index contributed by atoms with van der Waals surface area (Å²) in [6, 6.07) is 9.01. The lowest BCUT2D eigenvalue weighted by molar-refractivity contribution is -0.274. The quantitative estimate of drug-likeness (QED) is 0.330. The summed E-state index contributed by atoms with van der Waals surface area (Å²) in [5.74, 6) is -0.131. The van der Waals surface area contributed by atoms with Crippen LogP contribution in [0.1, 0.15) is 10.4 Å². The highest BCUT2D eigenvalue weighted by Gasteiger charge is 2.34. The number of carbonyl (C=O) groups excluding carboxylic acids is 1. The molecule has 0 aliphatic carbocycles. The van der Waals surface area contributed by atoms with E-state index in [1.54, 1.807) is 18.2 Å². The summed E-state index contributed by atoms with van der Waals surface area (Å²) in [5.41, 5.74) is 2.20. The van der Waals surface area contributed by atoms with Crippen molar-refractivity contribution in [2.45, 2.75) is 12.5 Å². The van der Waals surface area contributed by atoms with Crippen molar-refractivity contribution in [2.24, 2.45) is 7.05 Å². The van der Waals surface area contributed by atoms with Crippen molar-refractivity contribution in [1.82, 2.24) is 24.3 Å². The van der Waals surface area contributed by atoms with Gasteiger partial charge in [-0.25, -0.2) is 4.48 Å². The summed E-state index contributed by atoms with van der Waals surface area (Å²) in [7, 11) is 5.54. The van der Waals surface area contributed by atoms with E-state index in [1.165, 1.54) is 29.5 Å². The summed E-state index contributed by atoms with van der Waals surface area (Å²) in [6.07, 6.45) is -5.83. The molecule has 4 aromatic rings. The van der Waals surface area contributed by atoms with Gasteiger partial charge in [0.2, 0.25) is 0 Å². The first-order valence-corrected chi connectivity index (χ1v) is 11.3. The van der Waals surface area contributed by atoms with E-state index >= 15 is 0 Å². The second kappa shape index (κ2) is 9.07. The fraction of sp³-hybridized carbons (Fsp3) is 0.318. The molecule has 0 aliphatic rings. The van der Waals surface area contributed by atoms with Gasteiger partial charge in [-0.05, 0) is 30.3 Å². The molecule has 35 heavy (non-hydrogen) atoms. The van der Waals surface area contributed by atoms with E-state index < -0.39 is 25.0 Å². The molecule has 4 rings (SSSR count). The van der Waals surface area contributed by atoms with Crippen LogP contribution in [0.25, 0.3) is 21.3 Å². The van der Waals surface area contributed by atoms with Crippen molar-refractivity contribution in [2.75, 3.05) is 27.2 Å². The lowest BCUT2D eigenvalue weighted by Gasteiger charge is -2.23. The Morgan fingerprint density at radius 2 is 1.94 bits per heavy atom. The number of thiazole rings is 1. The van der Waals surface area contributed by atoms with Gasteiger partial charge in [-0.3, -0.25) is 9.36 Å². The third-order valence-corrected chi connectivity index (χ3v) is 6.67. The molecule has 0 radical (unpaired) electrons. The molecule has 186 valence electrons. The van der Waals surface area contributed by atoms with Crippen molar-refractivity contribution in [1.29, 1.82) is 0 Å². The van der Waals surface area contributed by atoms with Crippen molar-refractivity contribution >= 4 is 49.6 Å². The second-order valence-corrected chi connectivity index (χ2v) is 9.36. The van der Waals surface area contributed by atoms with Gasteiger partial charge in [0.1, 0.15) is 5.75 Å². The van der Waals surface area contributed by atoms with E-state index in [2.05, 4.69) is 15.0 Å². The number of nitrogens with zero attached hydrogens (tertiary/aromatic N) is 4. The van der Waals surface area contributed by atoms with Crippen LogP contribution in [-0.2, 0) is 7.05 Å². The number of aliphatic hydroxyl groups excluding tert-OH is 2. The molecular weight excluding hydrogens is 487 g/mol. The summed E-state index contributed by atoms with van der Waals surface area (Å²) in [5, 5.41) is 21.5. The summed E-state index contributed by atoms with van der Waals surface area (Å²) < 4.78 is 44.3. The number of ether oxygens (including phenoxy) is 1. The van der Waals surface area contributed by atoms with Crippen molar-refractivity contribution in [3.8, 4) is 5.75 Å². The fourth-order valence-corrected chi connectivity index (χ4v) is 4.66. The van der Waals surface area contributed by atoms with Crippen LogP contribution in [-0.4, -0.2) is 70.4 Å². The van der Waals surface area contributed by atoms with Gasteiger partial charge in [0.25, 0.3) is 11.0 Å². The molecule has 2 aromatic carbocycles. The molecule has 2 heterocycles. The van der Waals surface area contributed by atoms with Crippen molar-refractivity contribution < 1.29 is 32.9 Å². The predicted octanol–water partition coefficient (Wildman–Crippen LogP) is 3.06. The lowest BCUT2D eigenvalue weighted by atomic mass is 10.2. The van der Waals surface area contributed by atoms with E-state index in [-0.39, 0.29) is 16.8 Å². The molecular formula is C22H23F3N5O4S+. The molecule has 0 saturated carbocycles. The molecule has 9 nitrogen and oxygen atoms in total. The van der Waals surface area contributed by atoms with Gasteiger partial charge in [0.15, 0.2) is 0 Å². The number of carbonyl (C=O) groups is 1. The van der Waals surface area contributed by atoms with Crippen LogP contribution in [0, 0.1) is 0 Å². The lowest BCUT2D eigenvalue weighted by Crippen LogP contribution is -2.36. The molecule has 0 bridgehead atoms. The van der Waals surface area contributed by atoms with E-state index in [9.17, 15) is 23.1 Å².